The number of ether oxygens (including phenoxy) is 2. The average molecular weight is 516 g/mol. The Morgan fingerprint density at radius 2 is 1.71 bits per heavy atom. The summed E-state index contributed by atoms with van der Waals surface area (Å²) >= 11 is 0. The second-order valence-corrected chi connectivity index (χ2v) is 9.58. The molecule has 0 fully saturated rings. The minimum atomic E-state index is -0.995. The van der Waals surface area contributed by atoms with E-state index in [0.29, 0.717) is 40.2 Å². The van der Waals surface area contributed by atoms with Crippen molar-refractivity contribution < 1.29 is 19.1 Å². The van der Waals surface area contributed by atoms with E-state index in [1.807, 2.05) is 75.4 Å². The van der Waals surface area contributed by atoms with Crippen molar-refractivity contribution in [2.45, 2.75) is 45.3 Å². The van der Waals surface area contributed by atoms with Gasteiger partial charge in [0.15, 0.2) is 0 Å². The highest BCUT2D eigenvalue weighted by Crippen LogP contribution is 2.38. The Hall–Kier alpha value is -4.40. The Balaban J connectivity index is 1.88. The molecule has 3 aromatic carbocycles. The molecule has 0 aliphatic heterocycles. The summed E-state index contributed by atoms with van der Waals surface area (Å²) < 4.78 is 12.7. The molecule has 1 aromatic heterocycles. The van der Waals surface area contributed by atoms with Gasteiger partial charge in [0.2, 0.25) is 11.8 Å². The van der Waals surface area contributed by atoms with Crippen LogP contribution in [0.2, 0.25) is 0 Å². The molecule has 1 atom stereocenters. The second kappa shape index (κ2) is 11.3. The smallest absolute Gasteiger partial charge is 0.249 e. The van der Waals surface area contributed by atoms with Crippen molar-refractivity contribution in [3.8, 4) is 11.5 Å². The zero-order chi connectivity index (χ0) is 27.3. The third-order valence-corrected chi connectivity index (χ3v) is 6.59. The summed E-state index contributed by atoms with van der Waals surface area (Å²) in [6.45, 7) is 5.76. The van der Waals surface area contributed by atoms with Gasteiger partial charge in [0, 0.05) is 11.6 Å². The third kappa shape index (κ3) is 5.61. The molecule has 0 bridgehead atoms. The van der Waals surface area contributed by atoms with Gasteiger partial charge in [-0.15, -0.1) is 5.10 Å². The van der Waals surface area contributed by atoms with E-state index in [2.05, 4.69) is 15.6 Å². The third-order valence-electron chi connectivity index (χ3n) is 6.59. The molecule has 1 heterocycles. The molecule has 9 nitrogen and oxygen atoms in total. The molecule has 38 heavy (non-hydrogen) atoms. The molecule has 0 spiro atoms. The van der Waals surface area contributed by atoms with Crippen LogP contribution in [0.15, 0.2) is 72.8 Å². The summed E-state index contributed by atoms with van der Waals surface area (Å²) in [5.41, 5.74) is 1.96. The van der Waals surface area contributed by atoms with Crippen LogP contribution < -0.4 is 19.7 Å². The number of benzene rings is 3. The molecular weight excluding hydrogens is 482 g/mol. The molecule has 1 unspecified atom stereocenters. The first-order valence-electron chi connectivity index (χ1n) is 12.5. The monoisotopic (exact) mass is 515 g/mol. The first-order chi connectivity index (χ1) is 18.3. The van der Waals surface area contributed by atoms with Crippen molar-refractivity contribution in [2.24, 2.45) is 0 Å². The summed E-state index contributed by atoms with van der Waals surface area (Å²) in [6, 6.07) is 20.8. The van der Waals surface area contributed by atoms with Crippen molar-refractivity contribution in [2.75, 3.05) is 19.1 Å². The van der Waals surface area contributed by atoms with Crippen LogP contribution >= 0.6 is 0 Å². The molecule has 2 amide bonds. The maximum absolute atomic E-state index is 14.2. The molecule has 0 aliphatic rings. The topological polar surface area (TPSA) is 98.6 Å². The molecule has 0 saturated carbocycles. The van der Waals surface area contributed by atoms with Gasteiger partial charge < -0.3 is 14.8 Å². The van der Waals surface area contributed by atoms with Gasteiger partial charge in [0.05, 0.1) is 25.4 Å². The van der Waals surface area contributed by atoms with Crippen LogP contribution in [0, 0.1) is 0 Å². The standard InChI is InChI=1S/C29H33N5O4/c1-6-29(2,3)30-28(36)27(20-12-8-7-9-13-20)34(24-18-21(37-4)16-17-25(24)38-5)26(35)19-33-23-15-11-10-14-22(23)31-32-33/h7-18,27H,6,19H2,1-5H3,(H,30,36). The van der Waals surface area contributed by atoms with Gasteiger partial charge in [-0.2, -0.15) is 0 Å². The molecule has 1 N–H and O–H groups in total. The molecule has 0 radical (unpaired) electrons. The van der Waals surface area contributed by atoms with Crippen LogP contribution in [-0.4, -0.2) is 46.6 Å². The van der Waals surface area contributed by atoms with Crippen LogP contribution in [0.3, 0.4) is 0 Å². The molecule has 9 heteroatoms. The molecule has 198 valence electrons. The lowest BCUT2D eigenvalue weighted by molar-refractivity contribution is -0.128. The Morgan fingerprint density at radius 1 is 1.00 bits per heavy atom. The van der Waals surface area contributed by atoms with Crippen LogP contribution in [-0.2, 0) is 16.1 Å². The summed E-state index contributed by atoms with van der Waals surface area (Å²) in [5, 5.41) is 11.5. The van der Waals surface area contributed by atoms with Gasteiger partial charge in [0.25, 0.3) is 0 Å². The Bertz CT molecular complexity index is 1420. The van der Waals surface area contributed by atoms with Crippen molar-refractivity contribution in [1.82, 2.24) is 20.3 Å². The Labute approximate surface area is 222 Å². The number of para-hydroxylation sites is 1. The summed E-state index contributed by atoms with van der Waals surface area (Å²) in [7, 11) is 3.07. The Morgan fingerprint density at radius 3 is 2.39 bits per heavy atom. The number of methoxy groups -OCH3 is 2. The molecule has 0 aliphatic carbocycles. The van der Waals surface area contributed by atoms with Crippen molar-refractivity contribution in [1.29, 1.82) is 0 Å². The van der Waals surface area contributed by atoms with Gasteiger partial charge >= 0.3 is 0 Å². The largest absolute Gasteiger partial charge is 0.497 e. The number of rotatable bonds is 10. The van der Waals surface area contributed by atoms with Crippen LogP contribution in [0.1, 0.15) is 38.8 Å². The van der Waals surface area contributed by atoms with Gasteiger partial charge in [-0.3, -0.25) is 14.5 Å². The highest BCUT2D eigenvalue weighted by atomic mass is 16.5. The number of carbonyl (C=O) groups excluding carboxylic acids is 2. The fourth-order valence-corrected chi connectivity index (χ4v) is 4.18. The number of fused-ring (bicyclic) bond motifs is 1. The SMILES string of the molecule is CCC(C)(C)NC(=O)C(c1ccccc1)N(C(=O)Cn1nnc2ccccc21)c1cc(OC)ccc1OC. The van der Waals surface area contributed by atoms with Crippen molar-refractivity contribution in [3.63, 3.8) is 0 Å². The summed E-state index contributed by atoms with van der Waals surface area (Å²) in [5.74, 6) is 0.257. The fraction of sp³-hybridized carbons (Fsp3) is 0.310. The van der Waals surface area contributed by atoms with E-state index < -0.39 is 11.6 Å². The Kier molecular flexibility index (Phi) is 7.95. The first kappa shape index (κ1) is 26.7. The van der Waals surface area contributed by atoms with E-state index in [-0.39, 0.29) is 18.4 Å². The maximum atomic E-state index is 14.2. The van der Waals surface area contributed by atoms with E-state index in [0.717, 1.165) is 0 Å². The number of nitrogens with zero attached hydrogens (tertiary/aromatic N) is 4. The minimum absolute atomic E-state index is 0.144. The number of hydrogen-bond acceptors (Lipinski definition) is 6. The average Bonchev–Trinajstić information content (AvgIpc) is 3.34. The van der Waals surface area contributed by atoms with Gasteiger partial charge in [-0.1, -0.05) is 54.6 Å². The van der Waals surface area contributed by atoms with Crippen molar-refractivity contribution >= 4 is 28.5 Å². The van der Waals surface area contributed by atoms with E-state index >= 15 is 0 Å². The van der Waals surface area contributed by atoms with Gasteiger partial charge in [-0.05, 0) is 50.1 Å². The van der Waals surface area contributed by atoms with Crippen LogP contribution in [0.5, 0.6) is 11.5 Å². The zero-order valence-electron chi connectivity index (χ0n) is 22.3. The van der Waals surface area contributed by atoms with E-state index in [4.69, 9.17) is 9.47 Å². The lowest BCUT2D eigenvalue weighted by atomic mass is 9.98. The molecule has 4 rings (SSSR count). The quantitative estimate of drug-likeness (QED) is 0.333. The van der Waals surface area contributed by atoms with Crippen LogP contribution in [0.4, 0.5) is 5.69 Å². The number of anilines is 1. The highest BCUT2D eigenvalue weighted by molar-refractivity contribution is 6.03. The van der Waals surface area contributed by atoms with Gasteiger partial charge in [0.1, 0.15) is 29.6 Å². The predicted molar refractivity (Wildman–Crippen MR) is 146 cm³/mol. The number of carbonyl (C=O) groups is 2. The molecule has 4 aromatic rings. The van der Waals surface area contributed by atoms with E-state index in [1.54, 1.807) is 25.3 Å². The van der Waals surface area contributed by atoms with E-state index in [1.165, 1.54) is 16.7 Å². The lowest BCUT2D eigenvalue weighted by Crippen LogP contribution is -2.51. The maximum Gasteiger partial charge on any atom is 0.249 e. The predicted octanol–water partition coefficient (Wildman–Crippen LogP) is 4.53. The van der Waals surface area contributed by atoms with E-state index in [9.17, 15) is 9.59 Å². The minimum Gasteiger partial charge on any atom is -0.497 e. The summed E-state index contributed by atoms with van der Waals surface area (Å²) in [6.07, 6.45) is 0.710. The first-order valence-corrected chi connectivity index (χ1v) is 12.5. The fourth-order valence-electron chi connectivity index (χ4n) is 4.18. The van der Waals surface area contributed by atoms with Crippen molar-refractivity contribution in [3.05, 3.63) is 78.4 Å². The summed E-state index contributed by atoms with van der Waals surface area (Å²) in [4.78, 5) is 29.7. The zero-order valence-corrected chi connectivity index (χ0v) is 22.3. The lowest BCUT2D eigenvalue weighted by Gasteiger charge is -2.35. The highest BCUT2D eigenvalue weighted by Gasteiger charge is 2.36. The normalized spacial score (nSPS) is 12.1. The number of amides is 2. The second-order valence-electron chi connectivity index (χ2n) is 9.58. The molecular formula is C29H33N5O4. The van der Waals surface area contributed by atoms with Gasteiger partial charge in [-0.25, -0.2) is 4.68 Å². The molecule has 0 saturated heterocycles. The number of aromatic nitrogens is 3. The number of hydrogen-bond donors (Lipinski definition) is 1. The number of nitrogens with one attached hydrogen (secondary N) is 1. The van der Waals surface area contributed by atoms with Crippen LogP contribution in [0.25, 0.3) is 11.0 Å².